The van der Waals surface area contributed by atoms with E-state index >= 15 is 0 Å². The fraction of sp³-hybridized carbons (Fsp3) is 0.286. The van der Waals surface area contributed by atoms with Crippen LogP contribution in [0.5, 0.6) is 0 Å². The molecule has 0 saturated heterocycles. The molecule has 0 spiro atoms. The van der Waals surface area contributed by atoms with Crippen molar-refractivity contribution in [2.75, 3.05) is 0 Å². The molecule has 1 aliphatic rings. The zero-order chi connectivity index (χ0) is 12.7. The Kier molecular flexibility index (Phi) is 2.44. The molecule has 0 saturated carbocycles. The number of benzene rings is 1. The minimum atomic E-state index is 0.547. The molecule has 4 nitrogen and oxygen atoms in total. The highest BCUT2D eigenvalue weighted by molar-refractivity contribution is 5.58. The predicted molar refractivity (Wildman–Crippen MR) is 67.2 cm³/mol. The normalized spacial score (nSPS) is 13.6. The molecule has 0 unspecified atom stereocenters. The first-order valence-corrected chi connectivity index (χ1v) is 6.13. The van der Waals surface area contributed by atoms with E-state index in [1.807, 2.05) is 31.2 Å². The second kappa shape index (κ2) is 3.98. The first-order chi connectivity index (χ1) is 8.66. The summed E-state index contributed by atoms with van der Waals surface area (Å²) >= 11 is 0. The van der Waals surface area contributed by atoms with E-state index in [9.17, 15) is 10.1 Å². The Hall–Kier alpha value is -2.10. The standard InChI is InChI=1S/C14H15N2O2/c1-10-5-7-11(8-6-10)14-9-15(17)12-3-2-4-13(12)16(14)18/h5-9,18H,2-4H2,1H3/q+1. The molecule has 1 aromatic heterocycles. The van der Waals surface area contributed by atoms with E-state index in [4.69, 9.17) is 0 Å². The first-order valence-electron chi connectivity index (χ1n) is 6.13. The Morgan fingerprint density at radius 2 is 1.94 bits per heavy atom. The molecule has 1 aliphatic carbocycles. The largest absolute Gasteiger partial charge is 0.428 e. The maximum Gasteiger partial charge on any atom is 0.262 e. The van der Waals surface area contributed by atoms with Gasteiger partial charge in [0.25, 0.3) is 11.9 Å². The van der Waals surface area contributed by atoms with Crippen LogP contribution in [-0.4, -0.2) is 9.94 Å². The molecular formula is C14H15N2O2+. The monoisotopic (exact) mass is 243 g/mol. The third-order valence-electron chi connectivity index (χ3n) is 3.50. The van der Waals surface area contributed by atoms with Crippen LogP contribution in [0.15, 0.2) is 30.5 Å². The van der Waals surface area contributed by atoms with Gasteiger partial charge in [0, 0.05) is 16.9 Å². The second-order valence-electron chi connectivity index (χ2n) is 4.76. The zero-order valence-electron chi connectivity index (χ0n) is 10.3. The van der Waals surface area contributed by atoms with E-state index in [0.717, 1.165) is 40.5 Å². The summed E-state index contributed by atoms with van der Waals surface area (Å²) in [6.45, 7) is 2.01. The van der Waals surface area contributed by atoms with Crippen LogP contribution in [0.3, 0.4) is 0 Å². The van der Waals surface area contributed by atoms with Gasteiger partial charge in [0.2, 0.25) is 0 Å². The quantitative estimate of drug-likeness (QED) is 0.616. The highest BCUT2D eigenvalue weighted by Gasteiger charge is 2.27. The maximum atomic E-state index is 11.9. The molecule has 3 rings (SSSR count). The van der Waals surface area contributed by atoms with Crippen LogP contribution < -0.4 is 4.43 Å². The van der Waals surface area contributed by atoms with E-state index in [0.29, 0.717) is 11.4 Å². The van der Waals surface area contributed by atoms with Crippen molar-refractivity contribution in [3.05, 3.63) is 52.3 Å². The number of aryl methyl sites for hydroxylation is 1. The molecule has 0 bridgehead atoms. The highest BCUT2D eigenvalue weighted by Crippen LogP contribution is 2.24. The summed E-state index contributed by atoms with van der Waals surface area (Å²) < 4.78 is 2.06. The Labute approximate surface area is 105 Å². The summed E-state index contributed by atoms with van der Waals surface area (Å²) in [5.74, 6) is 0. The van der Waals surface area contributed by atoms with Gasteiger partial charge < -0.3 is 5.21 Å². The molecule has 0 atom stereocenters. The fourth-order valence-electron chi connectivity index (χ4n) is 2.49. The molecule has 0 fully saturated rings. The third-order valence-corrected chi connectivity index (χ3v) is 3.50. The topological polar surface area (TPSA) is 48.1 Å². The molecule has 1 heterocycles. The Morgan fingerprint density at radius 3 is 2.67 bits per heavy atom. The molecule has 1 aromatic carbocycles. The van der Waals surface area contributed by atoms with Gasteiger partial charge in [-0.05, 0) is 19.8 Å². The smallest absolute Gasteiger partial charge is 0.262 e. The van der Waals surface area contributed by atoms with E-state index in [-0.39, 0.29) is 0 Å². The minimum absolute atomic E-state index is 0.547. The zero-order valence-corrected chi connectivity index (χ0v) is 10.3. The molecule has 0 aliphatic heterocycles. The van der Waals surface area contributed by atoms with Crippen LogP contribution in [0.2, 0.25) is 0 Å². The number of rotatable bonds is 1. The average Bonchev–Trinajstić information content (AvgIpc) is 2.85. The summed E-state index contributed by atoms with van der Waals surface area (Å²) in [4.78, 5) is 11.9. The van der Waals surface area contributed by atoms with Crippen molar-refractivity contribution in [3.63, 3.8) is 0 Å². The van der Waals surface area contributed by atoms with Gasteiger partial charge in [0.05, 0.1) is 4.43 Å². The number of hydrogen-bond donors (Lipinski definition) is 1. The average molecular weight is 243 g/mol. The summed E-state index contributed by atoms with van der Waals surface area (Å²) in [5.41, 5.74) is 3.98. The van der Waals surface area contributed by atoms with E-state index in [1.54, 1.807) is 0 Å². The fourth-order valence-corrected chi connectivity index (χ4v) is 2.49. The number of fused-ring (bicyclic) bond motifs is 1. The summed E-state index contributed by atoms with van der Waals surface area (Å²) in [6, 6.07) is 7.77. The van der Waals surface area contributed by atoms with Crippen molar-refractivity contribution in [1.82, 2.24) is 4.73 Å². The van der Waals surface area contributed by atoms with Gasteiger partial charge in [-0.25, -0.2) is 0 Å². The Balaban J connectivity index is 2.22. The molecule has 92 valence electrons. The van der Waals surface area contributed by atoms with Crippen LogP contribution in [-0.2, 0) is 12.8 Å². The molecule has 0 radical (unpaired) electrons. The lowest BCUT2D eigenvalue weighted by Crippen LogP contribution is -2.25. The van der Waals surface area contributed by atoms with Gasteiger partial charge in [-0.3, -0.25) is 0 Å². The predicted octanol–water partition coefficient (Wildman–Crippen LogP) is 2.10. The van der Waals surface area contributed by atoms with Gasteiger partial charge >= 0.3 is 0 Å². The van der Waals surface area contributed by atoms with Crippen LogP contribution in [0, 0.1) is 11.8 Å². The van der Waals surface area contributed by atoms with Gasteiger partial charge in [-0.1, -0.05) is 29.8 Å². The van der Waals surface area contributed by atoms with Gasteiger partial charge in [-0.15, -0.1) is 0 Å². The SMILES string of the molecule is Cc1ccc(-c2c[n+](=O)c3c(n2O)CCC3)cc1. The lowest BCUT2D eigenvalue weighted by molar-refractivity contribution is -0.505. The van der Waals surface area contributed by atoms with Crippen LogP contribution >= 0.6 is 0 Å². The van der Waals surface area contributed by atoms with Crippen molar-refractivity contribution in [3.8, 4) is 11.3 Å². The Bertz CT molecular complexity index is 657. The van der Waals surface area contributed by atoms with Crippen LogP contribution in [0.1, 0.15) is 23.4 Å². The second-order valence-corrected chi connectivity index (χ2v) is 4.76. The Morgan fingerprint density at radius 1 is 1.22 bits per heavy atom. The van der Waals surface area contributed by atoms with Crippen molar-refractivity contribution in [2.24, 2.45) is 0 Å². The van der Waals surface area contributed by atoms with E-state index in [2.05, 4.69) is 0 Å². The van der Waals surface area contributed by atoms with Gasteiger partial charge in [0.15, 0.2) is 5.69 Å². The molecule has 1 N–H and O–H groups in total. The summed E-state index contributed by atoms with van der Waals surface area (Å²) in [6.07, 6.45) is 3.88. The summed E-state index contributed by atoms with van der Waals surface area (Å²) in [7, 11) is 0. The summed E-state index contributed by atoms with van der Waals surface area (Å²) in [5, 5.41) is 10.2. The van der Waals surface area contributed by atoms with Crippen molar-refractivity contribution >= 4 is 0 Å². The maximum absolute atomic E-state index is 11.9. The lowest BCUT2D eigenvalue weighted by Gasteiger charge is -2.07. The van der Waals surface area contributed by atoms with Crippen LogP contribution in [0.25, 0.3) is 11.3 Å². The lowest BCUT2D eigenvalue weighted by atomic mass is 10.1. The van der Waals surface area contributed by atoms with Crippen molar-refractivity contribution in [2.45, 2.75) is 26.2 Å². The highest BCUT2D eigenvalue weighted by atomic mass is 16.5. The first kappa shape index (κ1) is 11.0. The van der Waals surface area contributed by atoms with E-state index in [1.165, 1.54) is 10.9 Å². The van der Waals surface area contributed by atoms with Crippen molar-refractivity contribution in [1.29, 1.82) is 0 Å². The molecule has 0 amide bonds. The van der Waals surface area contributed by atoms with Crippen molar-refractivity contribution < 1.29 is 9.63 Å². The van der Waals surface area contributed by atoms with E-state index < -0.39 is 0 Å². The number of hydrogen-bond acceptors (Lipinski definition) is 2. The number of nitrogens with zero attached hydrogens (tertiary/aromatic N) is 2. The third kappa shape index (κ3) is 1.61. The minimum Gasteiger partial charge on any atom is -0.428 e. The van der Waals surface area contributed by atoms with Gasteiger partial charge in [-0.2, -0.15) is 4.73 Å². The molecule has 18 heavy (non-hydrogen) atoms. The van der Waals surface area contributed by atoms with Gasteiger partial charge in [0.1, 0.15) is 5.69 Å². The molecule has 2 aromatic rings. The van der Waals surface area contributed by atoms with Crippen LogP contribution in [0.4, 0.5) is 0 Å². The number of aromatic nitrogens is 2. The molecule has 4 heteroatoms. The molecular weight excluding hydrogens is 228 g/mol.